The average Bonchev–Trinajstić information content (AvgIpc) is 3.01. The van der Waals surface area contributed by atoms with Crippen LogP contribution in [0.25, 0.3) is 0 Å². The number of rotatable bonds is 2. The predicted octanol–water partition coefficient (Wildman–Crippen LogP) is 2.06. The number of nitrogens with zero attached hydrogens (tertiary/aromatic N) is 1. The minimum Gasteiger partial charge on any atom is -0.327 e. The minimum atomic E-state index is -4.56. The smallest absolute Gasteiger partial charge is 0.327 e. The Kier molecular flexibility index (Phi) is 3.73. The van der Waals surface area contributed by atoms with Crippen molar-refractivity contribution in [3.05, 3.63) is 29.8 Å². The first kappa shape index (κ1) is 15.8. The molecular formula is C14H17F3N2O2S. The number of sulfonamides is 1. The molecule has 4 nitrogen and oxygen atoms in total. The highest BCUT2D eigenvalue weighted by Gasteiger charge is 2.45. The predicted molar refractivity (Wildman–Crippen MR) is 74.4 cm³/mol. The maximum absolute atomic E-state index is 12.7. The molecule has 3 rings (SSSR count). The third-order valence-corrected chi connectivity index (χ3v) is 6.51. The fourth-order valence-corrected chi connectivity index (χ4v) is 5.03. The zero-order valence-electron chi connectivity index (χ0n) is 11.8. The number of nitrogens with two attached hydrogens (primary N) is 1. The van der Waals surface area contributed by atoms with E-state index in [1.807, 2.05) is 0 Å². The quantitative estimate of drug-likeness (QED) is 0.900. The summed E-state index contributed by atoms with van der Waals surface area (Å²) in [6, 6.07) is 3.88. The summed E-state index contributed by atoms with van der Waals surface area (Å²) in [6.45, 7) is 0.640. The van der Waals surface area contributed by atoms with E-state index in [4.69, 9.17) is 5.73 Å². The van der Waals surface area contributed by atoms with Crippen LogP contribution in [-0.4, -0.2) is 31.9 Å². The number of fused-ring (bicyclic) bond motifs is 1. The van der Waals surface area contributed by atoms with Gasteiger partial charge in [0.15, 0.2) is 0 Å². The highest BCUT2D eigenvalue weighted by Crippen LogP contribution is 2.39. The summed E-state index contributed by atoms with van der Waals surface area (Å²) in [5, 5.41) is 0. The largest absolute Gasteiger partial charge is 0.416 e. The maximum atomic E-state index is 12.7. The Balaban J connectivity index is 1.88. The molecule has 8 heteroatoms. The van der Waals surface area contributed by atoms with Gasteiger partial charge in [0.2, 0.25) is 10.0 Å². The Morgan fingerprint density at radius 2 is 1.91 bits per heavy atom. The van der Waals surface area contributed by atoms with Gasteiger partial charge < -0.3 is 5.73 Å². The molecule has 2 unspecified atom stereocenters. The molecule has 1 aliphatic carbocycles. The number of benzene rings is 1. The lowest BCUT2D eigenvalue weighted by Crippen LogP contribution is -2.33. The molecule has 0 radical (unpaired) electrons. The van der Waals surface area contributed by atoms with Gasteiger partial charge in [0.05, 0.1) is 10.5 Å². The third-order valence-electron chi connectivity index (χ3n) is 4.68. The van der Waals surface area contributed by atoms with E-state index in [0.29, 0.717) is 19.2 Å². The third kappa shape index (κ3) is 2.63. The van der Waals surface area contributed by atoms with E-state index < -0.39 is 21.8 Å². The molecule has 1 aromatic rings. The van der Waals surface area contributed by atoms with Crippen LogP contribution in [0.1, 0.15) is 18.4 Å². The summed E-state index contributed by atoms with van der Waals surface area (Å²) in [5.41, 5.74) is 5.02. The second-order valence-electron chi connectivity index (χ2n) is 6.01. The van der Waals surface area contributed by atoms with Crippen LogP contribution >= 0.6 is 0 Å². The molecule has 1 saturated heterocycles. The van der Waals surface area contributed by atoms with Crippen LogP contribution < -0.4 is 5.73 Å². The Hall–Kier alpha value is -1.12. The second kappa shape index (κ2) is 5.21. The molecule has 2 aliphatic rings. The van der Waals surface area contributed by atoms with E-state index >= 15 is 0 Å². The summed E-state index contributed by atoms with van der Waals surface area (Å²) in [7, 11) is -3.91. The van der Waals surface area contributed by atoms with Gasteiger partial charge in [-0.2, -0.15) is 17.5 Å². The zero-order valence-corrected chi connectivity index (χ0v) is 12.6. The summed E-state index contributed by atoms with van der Waals surface area (Å²) < 4.78 is 64.7. The summed E-state index contributed by atoms with van der Waals surface area (Å²) in [4.78, 5) is -0.309. The lowest BCUT2D eigenvalue weighted by molar-refractivity contribution is -0.137. The standard InChI is InChI=1S/C14H17F3N2O2S/c15-14(16,17)10-2-1-3-11(6-10)22(20,21)19-7-9-4-5-13(18)12(9)8-19/h1-3,6,9,12-13H,4-5,7-8,18H2/t9-,12?,13?/m0/s1. The second-order valence-corrected chi connectivity index (χ2v) is 7.95. The fraction of sp³-hybridized carbons (Fsp3) is 0.571. The molecule has 1 aliphatic heterocycles. The van der Waals surface area contributed by atoms with E-state index in [1.165, 1.54) is 10.4 Å². The van der Waals surface area contributed by atoms with E-state index in [1.54, 1.807) is 0 Å². The van der Waals surface area contributed by atoms with Crippen molar-refractivity contribution in [2.45, 2.75) is 30.0 Å². The van der Waals surface area contributed by atoms with Crippen molar-refractivity contribution in [3.63, 3.8) is 0 Å². The van der Waals surface area contributed by atoms with Gasteiger partial charge in [0.1, 0.15) is 0 Å². The van der Waals surface area contributed by atoms with Crippen molar-refractivity contribution in [2.24, 2.45) is 17.6 Å². The van der Waals surface area contributed by atoms with Gasteiger partial charge in [-0.1, -0.05) is 6.07 Å². The number of alkyl halides is 3. The Morgan fingerprint density at radius 3 is 2.55 bits per heavy atom. The van der Waals surface area contributed by atoms with E-state index in [0.717, 1.165) is 25.0 Å². The number of halogens is 3. The Bertz CT molecular complexity index is 675. The Labute approximate surface area is 127 Å². The highest BCUT2D eigenvalue weighted by molar-refractivity contribution is 7.89. The van der Waals surface area contributed by atoms with Gasteiger partial charge in [-0.25, -0.2) is 8.42 Å². The molecule has 1 saturated carbocycles. The van der Waals surface area contributed by atoms with Crippen LogP contribution in [0.4, 0.5) is 13.2 Å². The lowest BCUT2D eigenvalue weighted by atomic mass is 9.98. The monoisotopic (exact) mass is 334 g/mol. The van der Waals surface area contributed by atoms with Crippen LogP contribution in [0.15, 0.2) is 29.2 Å². The van der Waals surface area contributed by atoms with Crippen molar-refractivity contribution in [3.8, 4) is 0 Å². The van der Waals surface area contributed by atoms with Gasteiger partial charge >= 0.3 is 6.18 Å². The van der Waals surface area contributed by atoms with Gasteiger partial charge in [0, 0.05) is 19.1 Å². The zero-order chi connectivity index (χ0) is 16.1. The first-order valence-electron chi connectivity index (χ1n) is 7.12. The van der Waals surface area contributed by atoms with Gasteiger partial charge in [-0.05, 0) is 42.9 Å². The van der Waals surface area contributed by atoms with Gasteiger partial charge in [0.25, 0.3) is 0 Å². The molecule has 0 bridgehead atoms. The normalized spacial score (nSPS) is 29.7. The number of hydrogen-bond donors (Lipinski definition) is 1. The van der Waals surface area contributed by atoms with Crippen LogP contribution in [0.2, 0.25) is 0 Å². The molecule has 122 valence electrons. The molecule has 0 amide bonds. The Morgan fingerprint density at radius 1 is 1.18 bits per heavy atom. The fourth-order valence-electron chi connectivity index (χ4n) is 3.44. The summed E-state index contributed by atoms with van der Waals surface area (Å²) in [5.74, 6) is 0.330. The molecule has 1 aromatic carbocycles. The van der Waals surface area contributed by atoms with Crippen LogP contribution in [0.3, 0.4) is 0 Å². The average molecular weight is 334 g/mol. The van der Waals surface area contributed by atoms with Crippen molar-refractivity contribution in [2.75, 3.05) is 13.1 Å². The number of hydrogen-bond acceptors (Lipinski definition) is 3. The van der Waals surface area contributed by atoms with Crippen molar-refractivity contribution < 1.29 is 21.6 Å². The van der Waals surface area contributed by atoms with Crippen LogP contribution in [0, 0.1) is 11.8 Å². The first-order valence-corrected chi connectivity index (χ1v) is 8.56. The van der Waals surface area contributed by atoms with Crippen molar-refractivity contribution in [1.29, 1.82) is 0 Å². The maximum Gasteiger partial charge on any atom is 0.416 e. The molecule has 2 fully saturated rings. The molecule has 2 N–H and O–H groups in total. The molecule has 0 spiro atoms. The van der Waals surface area contributed by atoms with E-state index in [2.05, 4.69) is 0 Å². The summed E-state index contributed by atoms with van der Waals surface area (Å²) >= 11 is 0. The van der Waals surface area contributed by atoms with Crippen molar-refractivity contribution in [1.82, 2.24) is 4.31 Å². The lowest BCUT2D eigenvalue weighted by Gasteiger charge is -2.19. The van der Waals surface area contributed by atoms with Gasteiger partial charge in [-0.3, -0.25) is 0 Å². The van der Waals surface area contributed by atoms with E-state index in [9.17, 15) is 21.6 Å². The van der Waals surface area contributed by atoms with Crippen LogP contribution in [-0.2, 0) is 16.2 Å². The van der Waals surface area contributed by atoms with Crippen molar-refractivity contribution >= 4 is 10.0 Å². The van der Waals surface area contributed by atoms with E-state index in [-0.39, 0.29) is 22.8 Å². The topological polar surface area (TPSA) is 63.4 Å². The molecule has 0 aromatic heterocycles. The van der Waals surface area contributed by atoms with Crippen LogP contribution in [0.5, 0.6) is 0 Å². The van der Waals surface area contributed by atoms with Gasteiger partial charge in [-0.15, -0.1) is 0 Å². The molecule has 1 heterocycles. The molecule has 22 heavy (non-hydrogen) atoms. The minimum absolute atomic E-state index is 0.0216. The molecule has 3 atom stereocenters. The first-order chi connectivity index (χ1) is 10.2. The SMILES string of the molecule is NC1CC[C@H]2CN(S(=O)(=O)c3cccc(C(F)(F)F)c3)CC12. The highest BCUT2D eigenvalue weighted by atomic mass is 32.2. The summed E-state index contributed by atoms with van der Waals surface area (Å²) in [6.07, 6.45) is -2.80. The molecular weight excluding hydrogens is 317 g/mol.